The van der Waals surface area contributed by atoms with E-state index in [1.165, 1.54) is 5.75 Å². The molecular formula is C10H17N3OS. The molecule has 1 aromatic rings. The summed E-state index contributed by atoms with van der Waals surface area (Å²) in [6.07, 6.45) is 3.45. The minimum absolute atomic E-state index is 0.154. The van der Waals surface area contributed by atoms with E-state index in [0.717, 1.165) is 17.9 Å². The van der Waals surface area contributed by atoms with Crippen molar-refractivity contribution in [2.45, 2.75) is 12.1 Å². The highest BCUT2D eigenvalue weighted by Gasteiger charge is 2.28. The Kier molecular flexibility index (Phi) is 3.69. The highest BCUT2D eigenvalue weighted by atomic mass is 32.2. The van der Waals surface area contributed by atoms with E-state index in [2.05, 4.69) is 17.4 Å². The van der Waals surface area contributed by atoms with Crippen molar-refractivity contribution >= 4 is 11.8 Å². The summed E-state index contributed by atoms with van der Waals surface area (Å²) >= 11 is 1.98. The van der Waals surface area contributed by atoms with Gasteiger partial charge in [-0.05, 0) is 13.1 Å². The van der Waals surface area contributed by atoms with Gasteiger partial charge in [-0.1, -0.05) is 0 Å². The summed E-state index contributed by atoms with van der Waals surface area (Å²) in [5.41, 5.74) is 4.01. The summed E-state index contributed by atoms with van der Waals surface area (Å²) < 4.78 is 5.10. The van der Waals surface area contributed by atoms with Gasteiger partial charge in [0.25, 0.3) is 0 Å². The fraction of sp³-hybridized carbons (Fsp3) is 0.600. The summed E-state index contributed by atoms with van der Waals surface area (Å²) in [4.78, 5) is 2.36. The molecule has 0 bridgehead atoms. The van der Waals surface area contributed by atoms with Gasteiger partial charge < -0.3 is 4.42 Å². The van der Waals surface area contributed by atoms with Gasteiger partial charge in [-0.15, -0.1) is 0 Å². The van der Waals surface area contributed by atoms with Gasteiger partial charge in [0, 0.05) is 29.7 Å². The molecule has 0 aromatic carbocycles. The molecule has 3 N–H and O–H groups in total. The molecule has 0 aliphatic carbocycles. The summed E-state index contributed by atoms with van der Waals surface area (Å²) in [6.45, 7) is 1.12. The second-order valence-electron chi connectivity index (χ2n) is 3.82. The first-order chi connectivity index (χ1) is 7.33. The van der Waals surface area contributed by atoms with Crippen molar-refractivity contribution in [2.24, 2.45) is 5.84 Å². The predicted molar refractivity (Wildman–Crippen MR) is 62.5 cm³/mol. The second kappa shape index (κ2) is 5.03. The summed E-state index contributed by atoms with van der Waals surface area (Å²) in [5, 5.41) is 0. The molecule has 0 amide bonds. The van der Waals surface area contributed by atoms with Gasteiger partial charge in [0.15, 0.2) is 0 Å². The van der Waals surface area contributed by atoms with E-state index in [1.807, 2.05) is 17.8 Å². The van der Waals surface area contributed by atoms with Gasteiger partial charge in [-0.3, -0.25) is 16.2 Å². The molecule has 2 rings (SSSR count). The average Bonchev–Trinajstić information content (AvgIpc) is 2.75. The minimum Gasteiger partial charge on any atom is -0.472 e. The second-order valence-corrected chi connectivity index (χ2v) is 4.97. The van der Waals surface area contributed by atoms with Gasteiger partial charge in [-0.2, -0.15) is 11.8 Å². The summed E-state index contributed by atoms with van der Waals surface area (Å²) in [5.74, 6) is 7.94. The Morgan fingerprint density at radius 2 is 2.60 bits per heavy atom. The smallest absolute Gasteiger partial charge is 0.0951 e. The molecule has 0 radical (unpaired) electrons. The Hall–Kier alpha value is -0.490. The van der Waals surface area contributed by atoms with Crippen molar-refractivity contribution in [1.29, 1.82) is 0 Å². The summed E-state index contributed by atoms with van der Waals surface area (Å²) in [7, 11) is 2.15. The highest BCUT2D eigenvalue weighted by molar-refractivity contribution is 7.99. The quantitative estimate of drug-likeness (QED) is 0.592. The average molecular weight is 227 g/mol. The van der Waals surface area contributed by atoms with Crippen LogP contribution in [0.1, 0.15) is 11.6 Å². The van der Waals surface area contributed by atoms with Gasteiger partial charge in [-0.25, -0.2) is 0 Å². The van der Waals surface area contributed by atoms with E-state index < -0.39 is 0 Å². The van der Waals surface area contributed by atoms with E-state index in [0.29, 0.717) is 6.04 Å². The number of nitrogens with zero attached hydrogens (tertiary/aromatic N) is 1. The Morgan fingerprint density at radius 1 is 1.73 bits per heavy atom. The number of nitrogens with one attached hydrogen (secondary N) is 1. The monoisotopic (exact) mass is 227 g/mol. The fourth-order valence-corrected chi connectivity index (χ4v) is 3.21. The van der Waals surface area contributed by atoms with Crippen LogP contribution in [0.2, 0.25) is 0 Å². The lowest BCUT2D eigenvalue weighted by Gasteiger charge is -2.37. The number of rotatable bonds is 3. The topological polar surface area (TPSA) is 54.4 Å². The van der Waals surface area contributed by atoms with Crippen molar-refractivity contribution in [2.75, 3.05) is 25.1 Å². The van der Waals surface area contributed by atoms with Crippen LogP contribution in [0, 0.1) is 0 Å². The van der Waals surface area contributed by atoms with Crippen molar-refractivity contribution in [3.8, 4) is 0 Å². The third-order valence-corrected chi connectivity index (χ3v) is 3.96. The highest BCUT2D eigenvalue weighted by Crippen LogP contribution is 2.26. The SMILES string of the molecule is CN1CCSCC1C(NN)c1ccoc1. The van der Waals surface area contributed by atoms with E-state index in [1.54, 1.807) is 12.5 Å². The lowest BCUT2D eigenvalue weighted by molar-refractivity contribution is 0.216. The van der Waals surface area contributed by atoms with Crippen molar-refractivity contribution in [3.63, 3.8) is 0 Å². The Morgan fingerprint density at radius 3 is 3.20 bits per heavy atom. The zero-order valence-electron chi connectivity index (χ0n) is 8.85. The molecule has 0 spiro atoms. The van der Waals surface area contributed by atoms with Crippen molar-refractivity contribution in [1.82, 2.24) is 10.3 Å². The maximum atomic E-state index is 5.63. The van der Waals surface area contributed by atoms with Crippen molar-refractivity contribution < 1.29 is 4.42 Å². The zero-order chi connectivity index (χ0) is 10.7. The van der Waals surface area contributed by atoms with Crippen LogP contribution in [0.3, 0.4) is 0 Å². The molecule has 4 nitrogen and oxygen atoms in total. The Labute approximate surface area is 94.2 Å². The standard InChI is InChI=1S/C10H17N3OS/c1-13-3-5-15-7-9(13)10(12-11)8-2-4-14-6-8/h2,4,6,9-10,12H,3,5,7,11H2,1H3. The molecule has 2 atom stereocenters. The lowest BCUT2D eigenvalue weighted by Crippen LogP contribution is -2.49. The third-order valence-electron chi connectivity index (χ3n) is 2.91. The van der Waals surface area contributed by atoms with Gasteiger partial charge >= 0.3 is 0 Å². The normalized spacial score (nSPS) is 25.3. The van der Waals surface area contributed by atoms with Crippen LogP contribution in [-0.2, 0) is 0 Å². The number of thioether (sulfide) groups is 1. The third kappa shape index (κ3) is 2.36. The maximum Gasteiger partial charge on any atom is 0.0951 e. The van der Waals surface area contributed by atoms with Gasteiger partial charge in [0.2, 0.25) is 0 Å². The van der Waals surface area contributed by atoms with Crippen LogP contribution in [0.5, 0.6) is 0 Å². The predicted octanol–water partition coefficient (Wildman–Crippen LogP) is 0.831. The zero-order valence-corrected chi connectivity index (χ0v) is 9.67. The molecule has 5 heteroatoms. The van der Waals surface area contributed by atoms with Crippen LogP contribution < -0.4 is 11.3 Å². The molecule has 1 saturated heterocycles. The molecular weight excluding hydrogens is 210 g/mol. The van der Waals surface area contributed by atoms with Crippen LogP contribution in [-0.4, -0.2) is 36.0 Å². The maximum absolute atomic E-state index is 5.63. The van der Waals surface area contributed by atoms with Gasteiger partial charge in [0.05, 0.1) is 18.6 Å². The number of hydrazine groups is 1. The lowest BCUT2D eigenvalue weighted by atomic mass is 10.0. The molecule has 2 unspecified atom stereocenters. The molecule has 84 valence electrons. The minimum atomic E-state index is 0.154. The van der Waals surface area contributed by atoms with Crippen LogP contribution in [0.4, 0.5) is 0 Å². The molecule has 1 aromatic heterocycles. The molecule has 2 heterocycles. The van der Waals surface area contributed by atoms with Crippen LogP contribution in [0.15, 0.2) is 23.0 Å². The number of hydrogen-bond donors (Lipinski definition) is 2. The number of hydrogen-bond acceptors (Lipinski definition) is 5. The fourth-order valence-electron chi connectivity index (χ4n) is 1.94. The molecule has 1 fully saturated rings. The molecule has 1 aliphatic heterocycles. The van der Waals surface area contributed by atoms with E-state index in [9.17, 15) is 0 Å². The van der Waals surface area contributed by atoms with Gasteiger partial charge in [0.1, 0.15) is 0 Å². The van der Waals surface area contributed by atoms with E-state index >= 15 is 0 Å². The molecule has 15 heavy (non-hydrogen) atoms. The largest absolute Gasteiger partial charge is 0.472 e. The first-order valence-corrected chi connectivity index (χ1v) is 6.24. The molecule has 1 aliphatic rings. The number of furan rings is 1. The Bertz CT molecular complexity index is 291. The number of nitrogens with two attached hydrogens (primary N) is 1. The Balaban J connectivity index is 2.11. The van der Waals surface area contributed by atoms with Crippen LogP contribution in [0.25, 0.3) is 0 Å². The number of likely N-dealkylation sites (N-methyl/N-ethyl adjacent to an activating group) is 1. The summed E-state index contributed by atoms with van der Waals surface area (Å²) in [6, 6.07) is 2.56. The van der Waals surface area contributed by atoms with E-state index in [-0.39, 0.29) is 6.04 Å². The first kappa shape index (κ1) is 11.0. The molecule has 0 saturated carbocycles. The first-order valence-electron chi connectivity index (χ1n) is 5.09. The van der Waals surface area contributed by atoms with E-state index in [4.69, 9.17) is 10.3 Å². The van der Waals surface area contributed by atoms with Crippen LogP contribution >= 0.6 is 11.8 Å². The van der Waals surface area contributed by atoms with Crippen molar-refractivity contribution in [3.05, 3.63) is 24.2 Å².